The molecule has 21 heavy (non-hydrogen) atoms. The third-order valence-corrected chi connectivity index (χ3v) is 5.80. The van der Waals surface area contributed by atoms with Gasteiger partial charge in [0.15, 0.2) is 0 Å². The Morgan fingerprint density at radius 2 is 2.19 bits per heavy atom. The first-order valence-electron chi connectivity index (χ1n) is 7.77. The van der Waals surface area contributed by atoms with Crippen molar-refractivity contribution in [2.75, 3.05) is 7.11 Å². The minimum Gasteiger partial charge on any atom is -0.463 e. The molecule has 0 radical (unpaired) electrons. The molecule has 2 aliphatic rings. The zero-order chi connectivity index (χ0) is 15.3. The summed E-state index contributed by atoms with van der Waals surface area (Å²) >= 11 is 0. The van der Waals surface area contributed by atoms with Crippen LogP contribution in [0, 0.1) is 16.7 Å². The number of ether oxygens (including phenoxy) is 1. The molecule has 0 aliphatic heterocycles. The van der Waals surface area contributed by atoms with Crippen molar-refractivity contribution in [2.45, 2.75) is 52.6 Å². The van der Waals surface area contributed by atoms with E-state index in [9.17, 15) is 4.79 Å². The fourth-order valence-electron chi connectivity index (χ4n) is 4.70. The normalized spacial score (nSPS) is 33.3. The lowest BCUT2D eigenvalue weighted by atomic mass is 9.68. The Morgan fingerprint density at radius 3 is 2.81 bits per heavy atom. The quantitative estimate of drug-likeness (QED) is 0.864. The Kier molecular flexibility index (Phi) is 3.40. The lowest BCUT2D eigenvalue weighted by Gasteiger charge is -2.43. The van der Waals surface area contributed by atoms with Crippen LogP contribution in [0.3, 0.4) is 0 Å². The minimum absolute atomic E-state index is 0.271. The highest BCUT2D eigenvalue weighted by atomic mass is 16.5. The summed E-state index contributed by atoms with van der Waals surface area (Å²) in [7, 11) is 1.36. The molecule has 0 spiro atoms. The van der Waals surface area contributed by atoms with Gasteiger partial charge in [-0.3, -0.25) is 0 Å². The molecule has 116 valence electrons. The second-order valence-corrected chi connectivity index (χ2v) is 7.49. The molecule has 2 bridgehead atoms. The Bertz CT molecular complexity index is 543. The molecular formula is C17H25NO3. The van der Waals surface area contributed by atoms with Gasteiger partial charge in [0.25, 0.3) is 0 Å². The maximum atomic E-state index is 11.4. The maximum absolute atomic E-state index is 11.4. The maximum Gasteiger partial charge on any atom is 0.373 e. The highest BCUT2D eigenvalue weighted by molar-refractivity contribution is 5.86. The first-order valence-corrected chi connectivity index (χ1v) is 7.77. The standard InChI is InChI=1S/C17H25NO3/c1-16(2)11-7-8-17(3,9-11)15(16)18-10-12-5-6-13(21-12)14(19)20-4/h5-6,11,15,18H,7-10H2,1-4H3. The van der Waals surface area contributed by atoms with Crippen molar-refractivity contribution in [1.29, 1.82) is 0 Å². The van der Waals surface area contributed by atoms with Gasteiger partial charge in [0.1, 0.15) is 5.76 Å². The molecule has 3 rings (SSSR count). The van der Waals surface area contributed by atoms with Crippen molar-refractivity contribution < 1.29 is 13.9 Å². The molecule has 0 saturated heterocycles. The molecule has 1 heterocycles. The van der Waals surface area contributed by atoms with Crippen molar-refractivity contribution in [2.24, 2.45) is 16.7 Å². The first-order chi connectivity index (χ1) is 9.87. The number of nitrogens with one attached hydrogen (secondary N) is 1. The second kappa shape index (κ2) is 4.87. The third-order valence-electron chi connectivity index (χ3n) is 5.80. The van der Waals surface area contributed by atoms with Crippen molar-refractivity contribution in [3.05, 3.63) is 23.7 Å². The molecule has 0 aromatic carbocycles. The predicted octanol–water partition coefficient (Wildman–Crippen LogP) is 3.37. The molecular weight excluding hydrogens is 266 g/mol. The zero-order valence-electron chi connectivity index (χ0n) is 13.4. The zero-order valence-corrected chi connectivity index (χ0v) is 13.4. The van der Waals surface area contributed by atoms with E-state index >= 15 is 0 Å². The summed E-state index contributed by atoms with van der Waals surface area (Å²) in [6, 6.07) is 4.02. The van der Waals surface area contributed by atoms with Crippen LogP contribution in [0.25, 0.3) is 0 Å². The fraction of sp³-hybridized carbons (Fsp3) is 0.706. The topological polar surface area (TPSA) is 51.5 Å². The van der Waals surface area contributed by atoms with E-state index in [2.05, 4.69) is 30.8 Å². The van der Waals surface area contributed by atoms with Crippen LogP contribution >= 0.6 is 0 Å². The summed E-state index contributed by atoms with van der Waals surface area (Å²) in [6.45, 7) is 7.82. The van der Waals surface area contributed by atoms with Crippen LogP contribution in [-0.2, 0) is 11.3 Å². The molecule has 1 aromatic rings. The lowest BCUT2D eigenvalue weighted by Crippen LogP contribution is -2.49. The molecule has 1 N–H and O–H groups in total. The molecule has 1 aromatic heterocycles. The van der Waals surface area contributed by atoms with Crippen LogP contribution < -0.4 is 5.32 Å². The van der Waals surface area contributed by atoms with Crippen LogP contribution in [0.2, 0.25) is 0 Å². The van der Waals surface area contributed by atoms with Crippen molar-refractivity contribution in [1.82, 2.24) is 5.32 Å². The highest BCUT2D eigenvalue weighted by Crippen LogP contribution is 2.62. The molecule has 4 nitrogen and oxygen atoms in total. The Morgan fingerprint density at radius 1 is 1.43 bits per heavy atom. The molecule has 2 saturated carbocycles. The fourth-order valence-corrected chi connectivity index (χ4v) is 4.70. The third kappa shape index (κ3) is 2.30. The van der Waals surface area contributed by atoms with Crippen molar-refractivity contribution >= 4 is 5.97 Å². The largest absolute Gasteiger partial charge is 0.463 e. The molecule has 3 unspecified atom stereocenters. The average Bonchev–Trinajstić information content (AvgIpc) is 3.08. The number of hydrogen-bond acceptors (Lipinski definition) is 4. The number of methoxy groups -OCH3 is 1. The van der Waals surface area contributed by atoms with Gasteiger partial charge in [0.05, 0.1) is 13.7 Å². The van der Waals surface area contributed by atoms with Gasteiger partial charge < -0.3 is 14.5 Å². The SMILES string of the molecule is COC(=O)c1ccc(CNC2C3(C)CCC(C3)C2(C)C)o1. The molecule has 4 heteroatoms. The summed E-state index contributed by atoms with van der Waals surface area (Å²) in [5.74, 6) is 1.46. The van der Waals surface area contributed by atoms with Crippen LogP contribution in [0.5, 0.6) is 0 Å². The second-order valence-electron chi connectivity index (χ2n) is 7.49. The summed E-state index contributed by atoms with van der Waals surface area (Å²) < 4.78 is 10.2. The van der Waals surface area contributed by atoms with Gasteiger partial charge >= 0.3 is 5.97 Å². The summed E-state index contributed by atoms with van der Waals surface area (Å²) in [4.78, 5) is 11.4. The van der Waals surface area contributed by atoms with E-state index in [4.69, 9.17) is 4.42 Å². The highest BCUT2D eigenvalue weighted by Gasteiger charge is 2.58. The van der Waals surface area contributed by atoms with Gasteiger partial charge in [-0.2, -0.15) is 0 Å². The van der Waals surface area contributed by atoms with Crippen LogP contribution in [-0.4, -0.2) is 19.1 Å². The van der Waals surface area contributed by atoms with Crippen molar-refractivity contribution in [3.63, 3.8) is 0 Å². The van der Waals surface area contributed by atoms with Gasteiger partial charge in [-0.15, -0.1) is 0 Å². The van der Waals surface area contributed by atoms with Gasteiger partial charge in [0.2, 0.25) is 5.76 Å². The van der Waals surface area contributed by atoms with E-state index in [-0.39, 0.29) is 5.76 Å². The van der Waals surface area contributed by atoms with E-state index in [1.807, 2.05) is 6.07 Å². The van der Waals surface area contributed by atoms with E-state index in [0.29, 0.717) is 23.4 Å². The summed E-state index contributed by atoms with van der Waals surface area (Å²) in [5, 5.41) is 3.68. The molecule has 3 atom stereocenters. The predicted molar refractivity (Wildman–Crippen MR) is 79.9 cm³/mol. The van der Waals surface area contributed by atoms with Crippen LogP contribution in [0.1, 0.15) is 56.3 Å². The summed E-state index contributed by atoms with van der Waals surface area (Å²) in [5.41, 5.74) is 0.719. The number of carbonyl (C=O) groups excluding carboxylic acids is 1. The average molecular weight is 291 g/mol. The monoisotopic (exact) mass is 291 g/mol. The number of esters is 1. The van der Waals surface area contributed by atoms with E-state index < -0.39 is 5.97 Å². The van der Waals surface area contributed by atoms with Crippen molar-refractivity contribution in [3.8, 4) is 0 Å². The van der Waals surface area contributed by atoms with Gasteiger partial charge in [-0.25, -0.2) is 4.79 Å². The molecule has 0 amide bonds. The van der Waals surface area contributed by atoms with Crippen LogP contribution in [0.4, 0.5) is 0 Å². The van der Waals surface area contributed by atoms with E-state index in [1.54, 1.807) is 6.07 Å². The van der Waals surface area contributed by atoms with Gasteiger partial charge in [-0.05, 0) is 48.1 Å². The van der Waals surface area contributed by atoms with E-state index in [0.717, 1.165) is 11.7 Å². The van der Waals surface area contributed by atoms with E-state index in [1.165, 1.54) is 26.4 Å². The number of hydrogen-bond donors (Lipinski definition) is 1. The summed E-state index contributed by atoms with van der Waals surface area (Å²) in [6.07, 6.45) is 3.99. The Labute approximate surface area is 126 Å². The molecule has 2 aliphatic carbocycles. The Balaban J connectivity index is 1.68. The minimum atomic E-state index is -0.423. The number of carbonyl (C=O) groups is 1. The molecule has 2 fully saturated rings. The first kappa shape index (κ1) is 14.6. The number of fused-ring (bicyclic) bond motifs is 2. The number of furan rings is 1. The number of rotatable bonds is 4. The van der Waals surface area contributed by atoms with Gasteiger partial charge in [-0.1, -0.05) is 20.8 Å². The van der Waals surface area contributed by atoms with Gasteiger partial charge in [0, 0.05) is 6.04 Å². The lowest BCUT2D eigenvalue weighted by molar-refractivity contribution is 0.0561. The smallest absolute Gasteiger partial charge is 0.373 e. The Hall–Kier alpha value is -1.29. The van der Waals surface area contributed by atoms with Crippen LogP contribution in [0.15, 0.2) is 16.5 Å².